The molecule has 0 aliphatic heterocycles. The van der Waals surface area contributed by atoms with Crippen LogP contribution in [-0.4, -0.2) is 38.9 Å². The zero-order valence-electron chi connectivity index (χ0n) is 14.6. The number of benzene rings is 1. The van der Waals surface area contributed by atoms with Gasteiger partial charge >= 0.3 is 6.18 Å². The van der Waals surface area contributed by atoms with E-state index in [0.29, 0.717) is 19.2 Å². The number of rotatable bonds is 9. The lowest BCUT2D eigenvalue weighted by molar-refractivity contribution is -0.137. The van der Waals surface area contributed by atoms with Crippen LogP contribution in [0, 0.1) is 0 Å². The highest BCUT2D eigenvalue weighted by atomic mass is 35.5. The predicted molar refractivity (Wildman–Crippen MR) is 93.4 cm³/mol. The Kier molecular flexibility index (Phi) is 8.36. The summed E-state index contributed by atoms with van der Waals surface area (Å²) in [6, 6.07) is 2.35. The van der Waals surface area contributed by atoms with E-state index in [1.165, 1.54) is 0 Å². The van der Waals surface area contributed by atoms with E-state index >= 15 is 0 Å². The second-order valence-electron chi connectivity index (χ2n) is 5.61. The molecule has 1 aromatic carbocycles. The van der Waals surface area contributed by atoms with Gasteiger partial charge in [-0.05, 0) is 31.5 Å². The molecule has 1 aromatic rings. The van der Waals surface area contributed by atoms with E-state index in [4.69, 9.17) is 11.6 Å². The largest absolute Gasteiger partial charge is 0.417 e. The number of carbonyl (C=O) groups is 1. The average molecular weight is 415 g/mol. The maximum absolute atomic E-state index is 12.9. The summed E-state index contributed by atoms with van der Waals surface area (Å²) < 4.78 is 65.1. The van der Waals surface area contributed by atoms with Gasteiger partial charge in [-0.1, -0.05) is 24.9 Å². The minimum atomic E-state index is -4.76. The molecule has 148 valence electrons. The summed E-state index contributed by atoms with van der Waals surface area (Å²) in [5.41, 5.74) is -1.23. The third-order valence-corrected chi connectivity index (χ3v) is 5.49. The van der Waals surface area contributed by atoms with E-state index in [1.54, 1.807) is 4.90 Å². The molecule has 10 heteroatoms. The molecule has 5 nitrogen and oxygen atoms in total. The van der Waals surface area contributed by atoms with Crippen molar-refractivity contribution in [3.63, 3.8) is 0 Å². The molecule has 0 bridgehead atoms. The third-order valence-electron chi connectivity index (χ3n) is 3.70. The first kappa shape index (κ1) is 22.7. The van der Waals surface area contributed by atoms with Gasteiger partial charge in [0.05, 0.1) is 15.5 Å². The number of halogens is 4. The molecule has 26 heavy (non-hydrogen) atoms. The fraction of sp³-hybridized carbons (Fsp3) is 0.562. The molecular formula is C16H22ClF3N2O3S. The third kappa shape index (κ3) is 6.44. The number of nitrogens with one attached hydrogen (secondary N) is 1. The lowest BCUT2D eigenvalue weighted by Gasteiger charge is -2.20. The first-order chi connectivity index (χ1) is 12.0. The van der Waals surface area contributed by atoms with E-state index in [-0.39, 0.29) is 18.9 Å². The van der Waals surface area contributed by atoms with Crippen LogP contribution in [0.5, 0.6) is 0 Å². The van der Waals surface area contributed by atoms with Gasteiger partial charge in [0.25, 0.3) is 0 Å². The van der Waals surface area contributed by atoms with Gasteiger partial charge < -0.3 is 4.90 Å². The fourth-order valence-electron chi connectivity index (χ4n) is 2.23. The van der Waals surface area contributed by atoms with Crippen LogP contribution in [0.15, 0.2) is 23.1 Å². The zero-order chi connectivity index (χ0) is 20.0. The number of unbranched alkanes of at least 4 members (excludes halogenated alkanes) is 1. The molecule has 0 radical (unpaired) electrons. The molecule has 0 saturated carbocycles. The second kappa shape index (κ2) is 9.57. The number of sulfonamides is 1. The van der Waals surface area contributed by atoms with Gasteiger partial charge in [-0.25, -0.2) is 13.1 Å². The molecule has 1 amide bonds. The van der Waals surface area contributed by atoms with Crippen molar-refractivity contribution in [3.05, 3.63) is 28.8 Å². The van der Waals surface area contributed by atoms with Crippen LogP contribution in [0.3, 0.4) is 0 Å². The molecule has 0 fully saturated rings. The summed E-state index contributed by atoms with van der Waals surface area (Å²) >= 11 is 5.48. The van der Waals surface area contributed by atoms with Crippen molar-refractivity contribution in [2.45, 2.75) is 44.2 Å². The number of carbonyl (C=O) groups excluding carboxylic acids is 1. The maximum atomic E-state index is 12.9. The highest BCUT2D eigenvalue weighted by Gasteiger charge is 2.34. The van der Waals surface area contributed by atoms with Crippen molar-refractivity contribution in [2.75, 3.05) is 19.6 Å². The van der Waals surface area contributed by atoms with Crippen molar-refractivity contribution >= 4 is 27.5 Å². The van der Waals surface area contributed by atoms with Crippen LogP contribution < -0.4 is 4.72 Å². The van der Waals surface area contributed by atoms with Gasteiger partial charge in [0.15, 0.2) is 0 Å². The van der Waals surface area contributed by atoms with Crippen molar-refractivity contribution < 1.29 is 26.4 Å². The number of hydrogen-bond acceptors (Lipinski definition) is 3. The zero-order valence-corrected chi connectivity index (χ0v) is 16.1. The summed E-state index contributed by atoms with van der Waals surface area (Å²) in [4.78, 5) is 13.1. The van der Waals surface area contributed by atoms with Gasteiger partial charge in [0, 0.05) is 26.1 Å². The Balaban J connectivity index is 2.77. The Morgan fingerprint density at radius 1 is 1.27 bits per heavy atom. The normalized spacial score (nSPS) is 12.2. The molecule has 0 heterocycles. The number of alkyl halides is 3. The van der Waals surface area contributed by atoms with Gasteiger partial charge in [0.2, 0.25) is 15.9 Å². The number of nitrogens with zero attached hydrogens (tertiary/aromatic N) is 1. The van der Waals surface area contributed by atoms with Crippen LogP contribution in [0.1, 0.15) is 38.7 Å². The van der Waals surface area contributed by atoms with Crippen molar-refractivity contribution in [2.24, 2.45) is 0 Å². The average Bonchev–Trinajstić information content (AvgIpc) is 2.54. The quantitative estimate of drug-likeness (QED) is 0.670. The summed E-state index contributed by atoms with van der Waals surface area (Å²) in [5, 5.41) is -0.582. The molecule has 0 unspecified atom stereocenters. The van der Waals surface area contributed by atoms with Gasteiger partial charge in [-0.2, -0.15) is 13.2 Å². The van der Waals surface area contributed by atoms with Gasteiger partial charge in [0.1, 0.15) is 0 Å². The van der Waals surface area contributed by atoms with E-state index in [1.807, 2.05) is 13.8 Å². The molecule has 0 saturated heterocycles. The first-order valence-corrected chi connectivity index (χ1v) is 10.0. The molecule has 0 atom stereocenters. The number of amides is 1. The molecule has 0 spiro atoms. The standard InChI is InChI=1S/C16H22ClF3N2O3S/c1-3-5-10-22(4-2)15(23)8-9-21-26(24,25)12-6-7-14(17)13(11-12)16(18,19)20/h6-7,11,21H,3-5,8-10H2,1-2H3. The summed E-state index contributed by atoms with van der Waals surface area (Å²) in [5.74, 6) is -0.212. The molecule has 0 aromatic heterocycles. The van der Waals surface area contributed by atoms with Crippen LogP contribution in [-0.2, 0) is 21.0 Å². The molecule has 0 aliphatic rings. The Morgan fingerprint density at radius 2 is 1.92 bits per heavy atom. The second-order valence-corrected chi connectivity index (χ2v) is 7.79. The lowest BCUT2D eigenvalue weighted by atomic mass is 10.2. The maximum Gasteiger partial charge on any atom is 0.417 e. The topological polar surface area (TPSA) is 66.5 Å². The summed E-state index contributed by atoms with van der Waals surface area (Å²) in [6.45, 7) is 4.72. The Labute approximate surface area is 156 Å². The highest BCUT2D eigenvalue weighted by Crippen LogP contribution is 2.35. The van der Waals surface area contributed by atoms with E-state index in [0.717, 1.165) is 25.0 Å². The van der Waals surface area contributed by atoms with Crippen molar-refractivity contribution in [1.29, 1.82) is 0 Å². The van der Waals surface area contributed by atoms with Crippen molar-refractivity contribution in [1.82, 2.24) is 9.62 Å². The highest BCUT2D eigenvalue weighted by molar-refractivity contribution is 7.89. The Morgan fingerprint density at radius 3 is 2.46 bits per heavy atom. The molecule has 1 N–H and O–H groups in total. The van der Waals surface area contributed by atoms with E-state index < -0.39 is 31.7 Å². The Bertz CT molecular complexity index is 724. The predicted octanol–water partition coefficient (Wildman–Crippen LogP) is 3.68. The smallest absolute Gasteiger partial charge is 0.343 e. The first-order valence-electron chi connectivity index (χ1n) is 8.17. The minimum absolute atomic E-state index is 0.0729. The van der Waals surface area contributed by atoms with Crippen LogP contribution >= 0.6 is 11.6 Å². The molecule has 1 rings (SSSR count). The summed E-state index contributed by atoms with van der Waals surface area (Å²) in [7, 11) is -4.18. The van der Waals surface area contributed by atoms with Crippen LogP contribution in [0.2, 0.25) is 5.02 Å². The SMILES string of the molecule is CCCCN(CC)C(=O)CCNS(=O)(=O)c1ccc(Cl)c(C(F)(F)F)c1. The summed E-state index contributed by atoms with van der Waals surface area (Å²) in [6.07, 6.45) is -3.07. The van der Waals surface area contributed by atoms with Crippen LogP contribution in [0.4, 0.5) is 13.2 Å². The van der Waals surface area contributed by atoms with Crippen molar-refractivity contribution in [3.8, 4) is 0 Å². The van der Waals surface area contributed by atoms with Gasteiger partial charge in [-0.15, -0.1) is 0 Å². The monoisotopic (exact) mass is 414 g/mol. The van der Waals surface area contributed by atoms with Gasteiger partial charge in [-0.3, -0.25) is 4.79 Å². The molecular weight excluding hydrogens is 393 g/mol. The van der Waals surface area contributed by atoms with E-state index in [9.17, 15) is 26.4 Å². The van der Waals surface area contributed by atoms with Crippen LogP contribution in [0.25, 0.3) is 0 Å². The lowest BCUT2D eigenvalue weighted by Crippen LogP contribution is -2.35. The minimum Gasteiger partial charge on any atom is -0.343 e. The molecule has 0 aliphatic carbocycles. The fourth-order valence-corrected chi connectivity index (χ4v) is 3.51. The van der Waals surface area contributed by atoms with E-state index in [2.05, 4.69) is 4.72 Å². The number of hydrogen-bond donors (Lipinski definition) is 1. The Hall–Kier alpha value is -1.32.